The number of benzene rings is 1. The van der Waals surface area contributed by atoms with E-state index in [-0.39, 0.29) is 11.5 Å². The number of nitrogens with one attached hydrogen (secondary N) is 1. The molecule has 0 fully saturated rings. The Balaban J connectivity index is 1.54. The Kier molecular flexibility index (Phi) is 6.18. The van der Waals surface area contributed by atoms with E-state index in [4.69, 9.17) is 4.74 Å². The molecule has 4 rings (SSSR count). The molecule has 3 aromatic rings. The first-order chi connectivity index (χ1) is 15.0. The van der Waals surface area contributed by atoms with E-state index < -0.39 is 6.04 Å². The minimum atomic E-state index is -0.734. The Morgan fingerprint density at radius 3 is 3.06 bits per heavy atom. The van der Waals surface area contributed by atoms with Crippen LogP contribution in [0.5, 0.6) is 5.75 Å². The van der Waals surface area contributed by atoms with Gasteiger partial charge in [-0.05, 0) is 56.7 Å². The highest BCUT2D eigenvalue weighted by Crippen LogP contribution is 2.35. The van der Waals surface area contributed by atoms with Gasteiger partial charge in [0.05, 0.1) is 24.5 Å². The second-order valence-corrected chi connectivity index (χ2v) is 8.95. The Labute approximate surface area is 184 Å². The quantitative estimate of drug-likeness (QED) is 0.470. The number of thiophene rings is 1. The third kappa shape index (κ3) is 4.25. The first-order valence-corrected chi connectivity index (χ1v) is 11.4. The van der Waals surface area contributed by atoms with E-state index in [0.29, 0.717) is 23.7 Å². The first kappa shape index (κ1) is 21.2. The maximum atomic E-state index is 13.2. The average molecular weight is 439 g/mol. The molecule has 0 bridgehead atoms. The molecule has 162 valence electrons. The van der Waals surface area contributed by atoms with Crippen molar-refractivity contribution < 1.29 is 9.53 Å². The zero-order valence-corrected chi connectivity index (χ0v) is 18.7. The molecule has 0 saturated heterocycles. The number of hydrogen-bond acceptors (Lipinski definition) is 6. The fourth-order valence-corrected chi connectivity index (χ4v) is 5.22. The third-order valence-electron chi connectivity index (χ3n) is 5.63. The van der Waals surface area contributed by atoms with Crippen molar-refractivity contribution in [3.05, 3.63) is 57.0 Å². The number of carbonyl (C=O) groups excluding carboxylic acids is 1. The van der Waals surface area contributed by atoms with Crippen LogP contribution in [-0.4, -0.2) is 28.3 Å². The minimum Gasteiger partial charge on any atom is -0.493 e. The highest BCUT2D eigenvalue weighted by Gasteiger charge is 2.25. The van der Waals surface area contributed by atoms with Crippen molar-refractivity contribution in [2.45, 2.75) is 46.1 Å². The van der Waals surface area contributed by atoms with Crippen LogP contribution in [0.2, 0.25) is 0 Å². The van der Waals surface area contributed by atoms with Crippen LogP contribution < -0.4 is 15.7 Å². The van der Waals surface area contributed by atoms with E-state index in [0.717, 1.165) is 35.2 Å². The molecule has 1 N–H and O–H groups in total. The Morgan fingerprint density at radius 1 is 1.45 bits per heavy atom. The van der Waals surface area contributed by atoms with E-state index >= 15 is 0 Å². The number of aryl methyl sites for hydroxylation is 1. The van der Waals surface area contributed by atoms with Gasteiger partial charge in [0.25, 0.3) is 11.5 Å². The van der Waals surface area contributed by atoms with E-state index in [9.17, 15) is 9.59 Å². The minimum absolute atomic E-state index is 0.162. The van der Waals surface area contributed by atoms with E-state index in [1.807, 2.05) is 31.2 Å². The van der Waals surface area contributed by atoms with Crippen LogP contribution in [0.15, 0.2) is 40.5 Å². The van der Waals surface area contributed by atoms with Gasteiger partial charge < -0.3 is 4.74 Å². The predicted molar refractivity (Wildman–Crippen MR) is 123 cm³/mol. The Hall–Kier alpha value is -3.00. The number of amides is 1. The summed E-state index contributed by atoms with van der Waals surface area (Å²) < 4.78 is 6.95. The molecule has 8 heteroatoms. The van der Waals surface area contributed by atoms with Gasteiger partial charge in [-0.25, -0.2) is 10.4 Å². The van der Waals surface area contributed by atoms with Crippen LogP contribution in [0.4, 0.5) is 0 Å². The standard InChI is InChI=1S/C23H26N4O3S/c1-4-30-18-8-6-5-7-16(18)12-25-26-21(28)15(3)27-13-24-22-20(23(27)29)17-10-9-14(2)11-19(17)31-22/h5-8,12-15H,4,9-11H2,1-3H3,(H,26,28)/b25-12+/t14-,15+/m0/s1. The molecule has 0 unspecified atom stereocenters. The summed E-state index contributed by atoms with van der Waals surface area (Å²) >= 11 is 1.60. The molecule has 1 aliphatic carbocycles. The van der Waals surface area contributed by atoms with Gasteiger partial charge in [0.15, 0.2) is 0 Å². The van der Waals surface area contributed by atoms with Gasteiger partial charge in [-0.15, -0.1) is 11.3 Å². The molecule has 7 nitrogen and oxygen atoms in total. The molecule has 2 heterocycles. The number of fused-ring (bicyclic) bond motifs is 3. The van der Waals surface area contributed by atoms with Gasteiger partial charge in [0, 0.05) is 10.4 Å². The topological polar surface area (TPSA) is 85.6 Å². The molecule has 1 aliphatic rings. The predicted octanol–water partition coefficient (Wildman–Crippen LogP) is 3.69. The lowest BCUT2D eigenvalue weighted by molar-refractivity contribution is -0.123. The molecule has 2 atom stereocenters. The lowest BCUT2D eigenvalue weighted by Gasteiger charge is -2.18. The van der Waals surface area contributed by atoms with E-state index in [1.165, 1.54) is 22.0 Å². The number of para-hydroxylation sites is 1. The maximum absolute atomic E-state index is 13.2. The molecule has 0 saturated carbocycles. The third-order valence-corrected chi connectivity index (χ3v) is 6.80. The summed E-state index contributed by atoms with van der Waals surface area (Å²) in [4.78, 5) is 32.4. The summed E-state index contributed by atoms with van der Waals surface area (Å²) in [7, 11) is 0. The summed E-state index contributed by atoms with van der Waals surface area (Å²) in [5, 5.41) is 4.72. The van der Waals surface area contributed by atoms with Gasteiger partial charge in [-0.1, -0.05) is 19.1 Å². The van der Waals surface area contributed by atoms with E-state index in [2.05, 4.69) is 22.4 Å². The van der Waals surface area contributed by atoms with Crippen LogP contribution in [-0.2, 0) is 17.6 Å². The second-order valence-electron chi connectivity index (χ2n) is 7.87. The van der Waals surface area contributed by atoms with Crippen molar-refractivity contribution in [2.75, 3.05) is 6.61 Å². The first-order valence-electron chi connectivity index (χ1n) is 10.6. The number of ether oxygens (including phenoxy) is 1. The second kappa shape index (κ2) is 9.01. The van der Waals surface area contributed by atoms with Crippen LogP contribution >= 0.6 is 11.3 Å². The van der Waals surface area contributed by atoms with Gasteiger partial charge in [0.1, 0.15) is 16.6 Å². The molecule has 1 amide bonds. The van der Waals surface area contributed by atoms with Gasteiger partial charge in [-0.2, -0.15) is 5.10 Å². The van der Waals surface area contributed by atoms with Crippen LogP contribution in [0.1, 0.15) is 49.2 Å². The highest BCUT2D eigenvalue weighted by atomic mass is 32.1. The largest absolute Gasteiger partial charge is 0.493 e. The van der Waals surface area contributed by atoms with Crippen molar-refractivity contribution >= 4 is 33.7 Å². The van der Waals surface area contributed by atoms with Crippen molar-refractivity contribution in [2.24, 2.45) is 11.0 Å². The van der Waals surface area contributed by atoms with Gasteiger partial charge >= 0.3 is 0 Å². The number of rotatable bonds is 6. The van der Waals surface area contributed by atoms with Crippen molar-refractivity contribution in [1.82, 2.24) is 15.0 Å². The molecule has 31 heavy (non-hydrogen) atoms. The number of hydrogen-bond donors (Lipinski definition) is 1. The number of carbonyl (C=O) groups is 1. The number of hydrazone groups is 1. The molecule has 1 aromatic carbocycles. The SMILES string of the molecule is CCOc1ccccc1/C=N/NC(=O)[C@@H](C)n1cnc2sc3c(c2c1=O)CC[C@H](C)C3. The average Bonchev–Trinajstić information content (AvgIpc) is 3.13. The van der Waals surface area contributed by atoms with Crippen molar-refractivity contribution in [1.29, 1.82) is 0 Å². The number of nitrogens with zero attached hydrogens (tertiary/aromatic N) is 3. The van der Waals surface area contributed by atoms with Gasteiger partial charge in [0.2, 0.25) is 0 Å². The molecular formula is C23H26N4O3S. The molecule has 0 radical (unpaired) electrons. The van der Waals surface area contributed by atoms with Crippen molar-refractivity contribution in [3.63, 3.8) is 0 Å². The molecule has 0 aliphatic heterocycles. The summed E-state index contributed by atoms with van der Waals surface area (Å²) in [6, 6.07) is 6.71. The zero-order chi connectivity index (χ0) is 22.0. The zero-order valence-electron chi connectivity index (χ0n) is 17.9. The van der Waals surface area contributed by atoms with Crippen molar-refractivity contribution in [3.8, 4) is 5.75 Å². The van der Waals surface area contributed by atoms with E-state index in [1.54, 1.807) is 18.3 Å². The van der Waals surface area contributed by atoms with Gasteiger partial charge in [-0.3, -0.25) is 14.2 Å². The molecule has 2 aromatic heterocycles. The summed E-state index contributed by atoms with van der Waals surface area (Å²) in [6.45, 7) is 6.36. The number of aromatic nitrogens is 2. The maximum Gasteiger partial charge on any atom is 0.263 e. The Bertz CT molecular complexity index is 1200. The normalized spacial score (nSPS) is 16.9. The lowest BCUT2D eigenvalue weighted by Crippen LogP contribution is -2.34. The summed E-state index contributed by atoms with van der Waals surface area (Å²) in [6.07, 6.45) is 5.96. The van der Waals surface area contributed by atoms with Crippen LogP contribution in [0, 0.1) is 5.92 Å². The summed E-state index contributed by atoms with van der Waals surface area (Å²) in [5.41, 5.74) is 4.24. The smallest absolute Gasteiger partial charge is 0.263 e. The Morgan fingerprint density at radius 2 is 2.26 bits per heavy atom. The fourth-order valence-electron chi connectivity index (χ4n) is 3.88. The van der Waals surface area contributed by atoms with Crippen LogP contribution in [0.3, 0.4) is 0 Å². The fraction of sp³-hybridized carbons (Fsp3) is 0.391. The monoisotopic (exact) mass is 438 g/mol. The molecular weight excluding hydrogens is 412 g/mol. The molecule has 0 spiro atoms. The lowest BCUT2D eigenvalue weighted by atomic mass is 9.89. The highest BCUT2D eigenvalue weighted by molar-refractivity contribution is 7.18. The van der Waals surface area contributed by atoms with Crippen LogP contribution in [0.25, 0.3) is 10.2 Å². The summed E-state index contributed by atoms with van der Waals surface area (Å²) in [5.74, 6) is 0.933.